The third-order valence-electron chi connectivity index (χ3n) is 1.81. The fraction of sp³-hybridized carbons (Fsp3) is 0. The molecule has 0 atom stereocenters. The molecule has 0 spiro atoms. The molecule has 0 bridgehead atoms. The second-order valence-electron chi connectivity index (χ2n) is 2.68. The zero-order valence-electron chi connectivity index (χ0n) is 7.11. The van der Waals surface area contributed by atoms with E-state index in [2.05, 4.69) is 4.98 Å². The van der Waals surface area contributed by atoms with Gasteiger partial charge in [0, 0.05) is 5.56 Å². The molecular formula is C10H6FNO2. The van der Waals surface area contributed by atoms with Gasteiger partial charge in [0.15, 0.2) is 12.0 Å². The Morgan fingerprint density at radius 1 is 1.36 bits per heavy atom. The Morgan fingerprint density at radius 3 is 2.86 bits per heavy atom. The molecule has 2 rings (SSSR count). The van der Waals surface area contributed by atoms with Crippen molar-refractivity contribution in [2.75, 3.05) is 0 Å². The smallest absolute Gasteiger partial charge is 0.186 e. The first-order valence-corrected chi connectivity index (χ1v) is 3.96. The molecule has 0 unspecified atom stereocenters. The van der Waals surface area contributed by atoms with Crippen molar-refractivity contribution in [2.24, 2.45) is 0 Å². The van der Waals surface area contributed by atoms with Gasteiger partial charge in [-0.05, 0) is 18.2 Å². The zero-order chi connectivity index (χ0) is 9.97. The lowest BCUT2D eigenvalue weighted by Crippen LogP contribution is -1.86. The molecule has 0 saturated heterocycles. The van der Waals surface area contributed by atoms with Crippen molar-refractivity contribution in [3.05, 3.63) is 42.2 Å². The number of nitrogens with zero attached hydrogens (tertiary/aromatic N) is 1. The van der Waals surface area contributed by atoms with Crippen LogP contribution in [0.3, 0.4) is 0 Å². The summed E-state index contributed by atoms with van der Waals surface area (Å²) < 4.78 is 17.5. The van der Waals surface area contributed by atoms with Gasteiger partial charge < -0.3 is 4.42 Å². The Hall–Kier alpha value is -1.97. The summed E-state index contributed by atoms with van der Waals surface area (Å²) in [6.45, 7) is 0. The average molecular weight is 191 g/mol. The van der Waals surface area contributed by atoms with E-state index in [1.807, 2.05) is 0 Å². The van der Waals surface area contributed by atoms with Gasteiger partial charge in [0.2, 0.25) is 0 Å². The van der Waals surface area contributed by atoms with E-state index in [0.717, 1.165) is 6.20 Å². The van der Waals surface area contributed by atoms with Crippen LogP contribution in [0.5, 0.6) is 0 Å². The fourth-order valence-electron chi connectivity index (χ4n) is 1.16. The largest absolute Gasteiger partial charge is 0.461 e. The molecule has 70 valence electrons. The topological polar surface area (TPSA) is 43.1 Å². The summed E-state index contributed by atoms with van der Waals surface area (Å²) in [5.74, 6) is -0.214. The molecule has 3 nitrogen and oxygen atoms in total. The highest BCUT2D eigenvalue weighted by atomic mass is 19.1. The lowest BCUT2D eigenvalue weighted by molar-refractivity contribution is 0.110. The number of furan rings is 1. The molecule has 0 fully saturated rings. The molecule has 2 heterocycles. The summed E-state index contributed by atoms with van der Waals surface area (Å²) >= 11 is 0. The van der Waals surface area contributed by atoms with Gasteiger partial charge in [-0.2, -0.15) is 0 Å². The standard InChI is InChI=1S/C10H6FNO2/c11-7-1-2-9(12-5-7)8-3-4-14-10(8)6-13/h1-6H. The highest BCUT2D eigenvalue weighted by Gasteiger charge is 2.08. The summed E-state index contributed by atoms with van der Waals surface area (Å²) in [6.07, 6.45) is 3.08. The Kier molecular flexibility index (Phi) is 2.10. The van der Waals surface area contributed by atoms with E-state index in [4.69, 9.17) is 4.42 Å². The van der Waals surface area contributed by atoms with E-state index in [0.29, 0.717) is 17.5 Å². The van der Waals surface area contributed by atoms with E-state index in [1.165, 1.54) is 18.4 Å². The van der Waals surface area contributed by atoms with Gasteiger partial charge in [-0.1, -0.05) is 0 Å². The van der Waals surface area contributed by atoms with Crippen LogP contribution in [0.4, 0.5) is 4.39 Å². The van der Waals surface area contributed by atoms with Crippen LogP contribution >= 0.6 is 0 Å². The average Bonchev–Trinajstić information content (AvgIpc) is 2.67. The van der Waals surface area contributed by atoms with Crippen LogP contribution in [0.15, 0.2) is 35.1 Å². The lowest BCUT2D eigenvalue weighted by atomic mass is 10.2. The van der Waals surface area contributed by atoms with E-state index in [-0.39, 0.29) is 5.76 Å². The Labute approximate surface area is 79.2 Å². The number of hydrogen-bond acceptors (Lipinski definition) is 3. The zero-order valence-corrected chi connectivity index (χ0v) is 7.11. The number of carbonyl (C=O) groups is 1. The summed E-state index contributed by atoms with van der Waals surface area (Å²) in [6, 6.07) is 4.39. The molecule has 0 amide bonds. The highest BCUT2D eigenvalue weighted by molar-refractivity contribution is 5.82. The van der Waals surface area contributed by atoms with Crippen molar-refractivity contribution < 1.29 is 13.6 Å². The van der Waals surface area contributed by atoms with Gasteiger partial charge in [0.05, 0.1) is 18.2 Å². The van der Waals surface area contributed by atoms with E-state index in [9.17, 15) is 9.18 Å². The van der Waals surface area contributed by atoms with Crippen LogP contribution in [0.2, 0.25) is 0 Å². The Morgan fingerprint density at radius 2 is 2.21 bits per heavy atom. The van der Waals surface area contributed by atoms with Crippen LogP contribution in [0.1, 0.15) is 10.6 Å². The van der Waals surface area contributed by atoms with E-state index in [1.54, 1.807) is 6.07 Å². The molecule has 0 N–H and O–H groups in total. The van der Waals surface area contributed by atoms with E-state index >= 15 is 0 Å². The minimum absolute atomic E-state index is 0.198. The van der Waals surface area contributed by atoms with Gasteiger partial charge >= 0.3 is 0 Å². The molecule has 2 aromatic heterocycles. The van der Waals surface area contributed by atoms with Crippen LogP contribution in [-0.4, -0.2) is 11.3 Å². The SMILES string of the molecule is O=Cc1occc1-c1ccc(F)cn1. The number of hydrogen-bond donors (Lipinski definition) is 0. The van der Waals surface area contributed by atoms with Crippen molar-refractivity contribution >= 4 is 6.29 Å². The van der Waals surface area contributed by atoms with Crippen LogP contribution in [-0.2, 0) is 0 Å². The van der Waals surface area contributed by atoms with Gasteiger partial charge in [-0.15, -0.1) is 0 Å². The molecule has 0 aromatic carbocycles. The first-order chi connectivity index (χ1) is 6.81. The van der Waals surface area contributed by atoms with Crippen molar-refractivity contribution in [3.8, 4) is 11.3 Å². The summed E-state index contributed by atoms with van der Waals surface area (Å²) in [7, 11) is 0. The monoisotopic (exact) mass is 191 g/mol. The summed E-state index contributed by atoms with van der Waals surface area (Å²) in [4.78, 5) is 14.4. The maximum atomic E-state index is 12.6. The maximum Gasteiger partial charge on any atom is 0.186 e. The minimum atomic E-state index is -0.412. The number of aromatic nitrogens is 1. The second kappa shape index (κ2) is 3.41. The van der Waals surface area contributed by atoms with Crippen molar-refractivity contribution in [3.63, 3.8) is 0 Å². The number of rotatable bonds is 2. The van der Waals surface area contributed by atoms with Gasteiger partial charge in [-0.25, -0.2) is 4.39 Å². The van der Waals surface area contributed by atoms with Gasteiger partial charge in [0.25, 0.3) is 0 Å². The lowest BCUT2D eigenvalue weighted by Gasteiger charge is -1.96. The highest BCUT2D eigenvalue weighted by Crippen LogP contribution is 2.21. The van der Waals surface area contributed by atoms with E-state index < -0.39 is 5.82 Å². The minimum Gasteiger partial charge on any atom is -0.461 e. The van der Waals surface area contributed by atoms with Gasteiger partial charge in [0.1, 0.15) is 5.82 Å². The number of halogens is 1. The quantitative estimate of drug-likeness (QED) is 0.684. The molecule has 4 heteroatoms. The van der Waals surface area contributed by atoms with Crippen LogP contribution < -0.4 is 0 Å². The fourth-order valence-corrected chi connectivity index (χ4v) is 1.16. The first kappa shape index (κ1) is 8.62. The predicted octanol–water partition coefficient (Wildman–Crippen LogP) is 2.29. The normalized spacial score (nSPS) is 10.1. The maximum absolute atomic E-state index is 12.6. The molecule has 0 radical (unpaired) electrons. The van der Waals surface area contributed by atoms with Crippen molar-refractivity contribution in [2.45, 2.75) is 0 Å². The van der Waals surface area contributed by atoms with Gasteiger partial charge in [-0.3, -0.25) is 9.78 Å². The molecule has 0 saturated carbocycles. The number of pyridine rings is 1. The molecule has 14 heavy (non-hydrogen) atoms. The number of carbonyl (C=O) groups excluding carboxylic acids is 1. The van der Waals surface area contributed by atoms with Crippen molar-refractivity contribution in [1.82, 2.24) is 4.98 Å². The molecule has 0 aliphatic rings. The molecule has 0 aliphatic carbocycles. The third-order valence-corrected chi connectivity index (χ3v) is 1.81. The molecule has 2 aromatic rings. The predicted molar refractivity (Wildman–Crippen MR) is 47.3 cm³/mol. The summed E-state index contributed by atoms with van der Waals surface area (Å²) in [5, 5.41) is 0. The van der Waals surface area contributed by atoms with Crippen molar-refractivity contribution in [1.29, 1.82) is 0 Å². The molecular weight excluding hydrogens is 185 g/mol. The Bertz CT molecular complexity index is 447. The second-order valence-corrected chi connectivity index (χ2v) is 2.68. The number of aldehydes is 1. The third kappa shape index (κ3) is 1.42. The Balaban J connectivity index is 2.49. The first-order valence-electron chi connectivity index (χ1n) is 3.96. The van der Waals surface area contributed by atoms with Crippen LogP contribution in [0, 0.1) is 5.82 Å². The summed E-state index contributed by atoms with van der Waals surface area (Å²) in [5.41, 5.74) is 1.09. The van der Waals surface area contributed by atoms with Crippen LogP contribution in [0.25, 0.3) is 11.3 Å². The molecule has 0 aliphatic heterocycles.